The molecule has 1 aromatic heterocycles. The summed E-state index contributed by atoms with van der Waals surface area (Å²) >= 11 is 1.59. The molecule has 0 saturated carbocycles. The number of hydrogen-bond donors (Lipinski definition) is 1. The summed E-state index contributed by atoms with van der Waals surface area (Å²) < 4.78 is 15.9. The van der Waals surface area contributed by atoms with Crippen LogP contribution in [0.5, 0.6) is 17.2 Å². The van der Waals surface area contributed by atoms with Crippen molar-refractivity contribution in [2.75, 3.05) is 26.6 Å². The number of anilines is 1. The third-order valence-electron chi connectivity index (χ3n) is 3.83. The second-order valence-corrected chi connectivity index (χ2v) is 7.78. The highest BCUT2D eigenvalue weighted by molar-refractivity contribution is 7.09. The minimum Gasteiger partial charge on any atom is -0.493 e. The zero-order valence-electron chi connectivity index (χ0n) is 16.1. The number of rotatable bonds is 7. The molecule has 0 aliphatic carbocycles. The fraction of sp³-hybridized carbons (Fsp3) is 0.474. The molecule has 0 spiro atoms. The Balaban J connectivity index is 2.02. The highest BCUT2D eigenvalue weighted by Crippen LogP contribution is 2.40. The first-order valence-corrected chi connectivity index (χ1v) is 9.21. The number of thiazole rings is 1. The number of benzene rings is 1. The van der Waals surface area contributed by atoms with Gasteiger partial charge in [-0.1, -0.05) is 20.8 Å². The van der Waals surface area contributed by atoms with Crippen LogP contribution in [0.2, 0.25) is 0 Å². The highest BCUT2D eigenvalue weighted by atomic mass is 32.1. The SMILES string of the molecule is COc1cc(NC(=O)CCc2nc(C(C)(C)C)cs2)cc(OC)c1OC. The normalized spacial score (nSPS) is 11.2. The van der Waals surface area contributed by atoms with Crippen molar-refractivity contribution in [2.24, 2.45) is 0 Å². The molecule has 7 heteroatoms. The smallest absolute Gasteiger partial charge is 0.224 e. The lowest BCUT2D eigenvalue weighted by molar-refractivity contribution is -0.116. The molecule has 6 nitrogen and oxygen atoms in total. The first kappa shape index (κ1) is 20.0. The molecule has 1 aromatic carbocycles. The first-order valence-electron chi connectivity index (χ1n) is 8.33. The minimum absolute atomic E-state index is 0.0210. The summed E-state index contributed by atoms with van der Waals surface area (Å²) in [6.07, 6.45) is 0.963. The molecule has 0 fully saturated rings. The third-order valence-corrected chi connectivity index (χ3v) is 4.74. The number of amides is 1. The van der Waals surface area contributed by atoms with Crippen molar-refractivity contribution in [1.29, 1.82) is 0 Å². The fourth-order valence-electron chi connectivity index (χ4n) is 2.37. The summed E-state index contributed by atoms with van der Waals surface area (Å²) in [4.78, 5) is 16.9. The predicted molar refractivity (Wildman–Crippen MR) is 104 cm³/mol. The third kappa shape index (κ3) is 4.88. The summed E-state index contributed by atoms with van der Waals surface area (Å²) in [5.41, 5.74) is 1.68. The van der Waals surface area contributed by atoms with E-state index in [1.807, 2.05) is 0 Å². The van der Waals surface area contributed by atoms with Crippen LogP contribution < -0.4 is 19.5 Å². The predicted octanol–water partition coefficient (Wildman–Crippen LogP) is 4.04. The minimum atomic E-state index is -0.0909. The number of carbonyl (C=O) groups excluding carboxylic acids is 1. The zero-order chi connectivity index (χ0) is 19.3. The van der Waals surface area contributed by atoms with E-state index in [4.69, 9.17) is 14.2 Å². The second-order valence-electron chi connectivity index (χ2n) is 6.84. The molecule has 0 radical (unpaired) electrons. The second kappa shape index (κ2) is 8.40. The lowest BCUT2D eigenvalue weighted by Gasteiger charge is -2.14. The number of carbonyl (C=O) groups is 1. The van der Waals surface area contributed by atoms with E-state index in [9.17, 15) is 4.79 Å². The van der Waals surface area contributed by atoms with Gasteiger partial charge >= 0.3 is 0 Å². The molecule has 0 aliphatic rings. The van der Waals surface area contributed by atoms with Crippen LogP contribution >= 0.6 is 11.3 Å². The lowest BCUT2D eigenvalue weighted by atomic mass is 9.93. The number of ether oxygens (including phenoxy) is 3. The maximum Gasteiger partial charge on any atom is 0.224 e. The summed E-state index contributed by atoms with van der Waals surface area (Å²) in [6, 6.07) is 3.42. The topological polar surface area (TPSA) is 69.7 Å². The van der Waals surface area contributed by atoms with Crippen molar-refractivity contribution in [2.45, 2.75) is 39.0 Å². The maximum atomic E-state index is 12.3. The van der Waals surface area contributed by atoms with E-state index in [2.05, 4.69) is 36.5 Å². The molecule has 26 heavy (non-hydrogen) atoms. The Morgan fingerprint density at radius 1 is 1.12 bits per heavy atom. The van der Waals surface area contributed by atoms with Gasteiger partial charge in [0, 0.05) is 41.5 Å². The fourth-order valence-corrected chi connectivity index (χ4v) is 3.39. The van der Waals surface area contributed by atoms with E-state index >= 15 is 0 Å². The van der Waals surface area contributed by atoms with E-state index in [0.29, 0.717) is 35.8 Å². The summed E-state index contributed by atoms with van der Waals surface area (Å²) in [5.74, 6) is 1.39. The average molecular weight is 378 g/mol. The van der Waals surface area contributed by atoms with Gasteiger partial charge in [-0.2, -0.15) is 0 Å². The molecule has 1 amide bonds. The number of aryl methyl sites for hydroxylation is 1. The van der Waals surface area contributed by atoms with Crippen LogP contribution in [0, 0.1) is 0 Å². The monoisotopic (exact) mass is 378 g/mol. The van der Waals surface area contributed by atoms with E-state index < -0.39 is 0 Å². The van der Waals surface area contributed by atoms with Gasteiger partial charge in [0.2, 0.25) is 11.7 Å². The van der Waals surface area contributed by atoms with Crippen molar-refractivity contribution in [3.8, 4) is 17.2 Å². The molecule has 2 rings (SSSR count). The van der Waals surface area contributed by atoms with Crippen LogP contribution in [-0.4, -0.2) is 32.2 Å². The molecule has 0 bridgehead atoms. The largest absolute Gasteiger partial charge is 0.493 e. The molecule has 0 unspecified atom stereocenters. The van der Waals surface area contributed by atoms with Crippen molar-refractivity contribution in [1.82, 2.24) is 4.98 Å². The van der Waals surface area contributed by atoms with E-state index in [1.165, 1.54) is 14.2 Å². The van der Waals surface area contributed by atoms with Crippen molar-refractivity contribution in [3.05, 3.63) is 28.2 Å². The zero-order valence-corrected chi connectivity index (χ0v) is 17.0. The Hall–Kier alpha value is -2.28. The van der Waals surface area contributed by atoms with Crippen LogP contribution in [0.4, 0.5) is 5.69 Å². The molecule has 1 N–H and O–H groups in total. The number of nitrogens with zero attached hydrogens (tertiary/aromatic N) is 1. The molecule has 0 aliphatic heterocycles. The summed E-state index contributed by atoms with van der Waals surface area (Å²) in [7, 11) is 4.62. The van der Waals surface area contributed by atoms with Gasteiger partial charge in [-0.05, 0) is 0 Å². The number of methoxy groups -OCH3 is 3. The van der Waals surface area contributed by atoms with E-state index in [1.54, 1.807) is 30.6 Å². The van der Waals surface area contributed by atoms with Gasteiger partial charge in [-0.15, -0.1) is 11.3 Å². The van der Waals surface area contributed by atoms with E-state index in [0.717, 1.165) is 10.7 Å². The van der Waals surface area contributed by atoms with Crippen LogP contribution in [-0.2, 0) is 16.6 Å². The number of nitrogens with one attached hydrogen (secondary N) is 1. The van der Waals surface area contributed by atoms with Crippen LogP contribution in [0.25, 0.3) is 0 Å². The number of hydrogen-bond acceptors (Lipinski definition) is 6. The van der Waals surface area contributed by atoms with Crippen LogP contribution in [0.1, 0.15) is 37.9 Å². The van der Waals surface area contributed by atoms with Gasteiger partial charge in [-0.25, -0.2) is 4.98 Å². The quantitative estimate of drug-likeness (QED) is 0.787. The Morgan fingerprint density at radius 2 is 1.73 bits per heavy atom. The molecule has 142 valence electrons. The van der Waals surface area contributed by atoms with E-state index in [-0.39, 0.29) is 11.3 Å². The Kier molecular flexibility index (Phi) is 6.47. The van der Waals surface area contributed by atoms with Gasteiger partial charge in [0.05, 0.1) is 32.0 Å². The molecule has 2 aromatic rings. The molecular formula is C19H26N2O4S. The van der Waals surface area contributed by atoms with Gasteiger partial charge in [-0.3, -0.25) is 4.79 Å². The van der Waals surface area contributed by atoms with Crippen molar-refractivity contribution < 1.29 is 19.0 Å². The summed E-state index contributed by atoms with van der Waals surface area (Å²) in [6.45, 7) is 6.38. The first-order chi connectivity index (χ1) is 12.3. The molecule has 0 saturated heterocycles. The molecule has 0 atom stereocenters. The van der Waals surface area contributed by atoms with Crippen LogP contribution in [0.15, 0.2) is 17.5 Å². The standard InChI is InChI=1S/C19H26N2O4S/c1-19(2,3)15-11-26-17(21-15)8-7-16(22)20-12-9-13(23-4)18(25-6)14(10-12)24-5/h9-11H,7-8H2,1-6H3,(H,20,22). The van der Waals surface area contributed by atoms with Crippen molar-refractivity contribution >= 4 is 22.9 Å². The summed E-state index contributed by atoms with van der Waals surface area (Å²) in [5, 5.41) is 5.90. The molecule has 1 heterocycles. The van der Waals surface area contributed by atoms with Gasteiger partial charge in [0.15, 0.2) is 11.5 Å². The number of aromatic nitrogens is 1. The maximum absolute atomic E-state index is 12.3. The molecular weight excluding hydrogens is 352 g/mol. The Morgan fingerprint density at radius 3 is 2.19 bits per heavy atom. The van der Waals surface area contributed by atoms with Gasteiger partial charge in [0.1, 0.15) is 0 Å². The van der Waals surface area contributed by atoms with Crippen LogP contribution in [0.3, 0.4) is 0 Å². The average Bonchev–Trinajstić information content (AvgIpc) is 3.08. The Labute approximate surface area is 158 Å². The Bertz CT molecular complexity index is 740. The lowest BCUT2D eigenvalue weighted by Crippen LogP contribution is -2.13. The van der Waals surface area contributed by atoms with Gasteiger partial charge in [0.25, 0.3) is 0 Å². The van der Waals surface area contributed by atoms with Gasteiger partial charge < -0.3 is 19.5 Å². The highest BCUT2D eigenvalue weighted by Gasteiger charge is 2.18. The van der Waals surface area contributed by atoms with Crippen molar-refractivity contribution in [3.63, 3.8) is 0 Å².